The van der Waals surface area contributed by atoms with Gasteiger partial charge in [-0.25, -0.2) is 9.97 Å². The molecule has 6 nitrogen and oxygen atoms in total. The molecular weight excluding hydrogens is 368 g/mol. The molecule has 3 heterocycles. The summed E-state index contributed by atoms with van der Waals surface area (Å²) in [5.74, 6) is 0.599. The summed E-state index contributed by atoms with van der Waals surface area (Å²) in [7, 11) is -1.13. The fourth-order valence-electron chi connectivity index (χ4n) is 3.93. The molecule has 0 fully saturated rings. The first-order chi connectivity index (χ1) is 13.3. The van der Waals surface area contributed by atoms with E-state index in [1.165, 1.54) is 0 Å². The second-order valence-electron chi connectivity index (χ2n) is 8.89. The first kappa shape index (κ1) is 19.1. The number of aliphatic hydroxyl groups is 1. The molecule has 28 heavy (non-hydrogen) atoms. The smallest absolute Gasteiger partial charge is 0.144 e. The molecule has 2 aromatic heterocycles. The molecule has 1 aliphatic rings. The maximum absolute atomic E-state index is 11.7. The van der Waals surface area contributed by atoms with Crippen molar-refractivity contribution >= 4 is 8.07 Å². The van der Waals surface area contributed by atoms with Gasteiger partial charge in [0.15, 0.2) is 0 Å². The van der Waals surface area contributed by atoms with Crippen molar-refractivity contribution in [2.45, 2.75) is 51.0 Å². The van der Waals surface area contributed by atoms with Crippen molar-refractivity contribution in [3.05, 3.63) is 60.6 Å². The molecule has 0 radical (unpaired) electrons. The van der Waals surface area contributed by atoms with Crippen LogP contribution >= 0.6 is 0 Å². The van der Waals surface area contributed by atoms with E-state index in [0.29, 0.717) is 12.6 Å². The van der Waals surface area contributed by atoms with Gasteiger partial charge in [-0.2, -0.15) is 0 Å². The highest BCUT2D eigenvalue weighted by molar-refractivity contribution is 6.76. The Kier molecular flexibility index (Phi) is 4.77. The molecule has 2 atom stereocenters. The number of fused-ring (bicyclic) bond motifs is 3. The second-order valence-corrected chi connectivity index (χ2v) is 14.5. The monoisotopic (exact) mass is 396 g/mol. The fourth-order valence-corrected chi connectivity index (χ4v) is 4.69. The second kappa shape index (κ2) is 6.99. The van der Waals surface area contributed by atoms with Crippen molar-refractivity contribution < 1.29 is 9.84 Å². The number of aromatic nitrogens is 4. The van der Waals surface area contributed by atoms with Gasteiger partial charge in [-0.1, -0.05) is 43.9 Å². The summed E-state index contributed by atoms with van der Waals surface area (Å²) in [5.41, 5.74) is 1.99. The van der Waals surface area contributed by atoms with E-state index < -0.39 is 13.7 Å². The molecule has 0 bridgehead atoms. The number of ether oxygens (including phenoxy) is 1. The van der Waals surface area contributed by atoms with Gasteiger partial charge in [0.1, 0.15) is 18.2 Å². The van der Waals surface area contributed by atoms with E-state index in [1.54, 1.807) is 12.5 Å². The number of imidazole rings is 2. The lowest BCUT2D eigenvalue weighted by molar-refractivity contribution is -0.00320. The molecule has 148 valence electrons. The molecule has 7 heteroatoms. The average molecular weight is 397 g/mol. The zero-order chi connectivity index (χ0) is 19.9. The van der Waals surface area contributed by atoms with Crippen LogP contribution in [0.3, 0.4) is 0 Å². The molecule has 4 rings (SSSR count). The maximum atomic E-state index is 11.7. The Hall–Kier alpha value is -2.22. The van der Waals surface area contributed by atoms with Crippen LogP contribution in [0.25, 0.3) is 11.3 Å². The summed E-state index contributed by atoms with van der Waals surface area (Å²) in [6, 6.07) is 8.99. The van der Waals surface area contributed by atoms with Gasteiger partial charge in [-0.15, -0.1) is 0 Å². The van der Waals surface area contributed by atoms with Gasteiger partial charge in [-0.05, 0) is 18.5 Å². The predicted octanol–water partition coefficient (Wildman–Crippen LogP) is 3.87. The van der Waals surface area contributed by atoms with Crippen LogP contribution in [0.4, 0.5) is 0 Å². The molecule has 0 saturated heterocycles. The van der Waals surface area contributed by atoms with Crippen molar-refractivity contribution in [1.29, 1.82) is 0 Å². The lowest BCUT2D eigenvalue weighted by Crippen LogP contribution is -2.36. The summed E-state index contributed by atoms with van der Waals surface area (Å²) in [6.45, 7) is 9.96. The van der Waals surface area contributed by atoms with Crippen molar-refractivity contribution in [1.82, 2.24) is 19.1 Å². The maximum Gasteiger partial charge on any atom is 0.144 e. The molecule has 1 N–H and O–H groups in total. The minimum absolute atomic E-state index is 0.288. The topological polar surface area (TPSA) is 65.1 Å². The van der Waals surface area contributed by atoms with Crippen LogP contribution in [0.2, 0.25) is 25.7 Å². The zero-order valence-electron chi connectivity index (χ0n) is 17.0. The minimum Gasteiger partial charge on any atom is -0.380 e. The summed E-state index contributed by atoms with van der Waals surface area (Å²) >= 11 is 0. The van der Waals surface area contributed by atoms with E-state index in [-0.39, 0.29) is 6.04 Å². The van der Waals surface area contributed by atoms with Gasteiger partial charge in [-0.3, -0.25) is 0 Å². The first-order valence-corrected chi connectivity index (χ1v) is 13.4. The fraction of sp³-hybridized carbons (Fsp3) is 0.429. The third-order valence-corrected chi connectivity index (χ3v) is 7.11. The van der Waals surface area contributed by atoms with Crippen LogP contribution in [-0.4, -0.2) is 38.9 Å². The quantitative estimate of drug-likeness (QED) is 0.486. The Balaban J connectivity index is 1.61. The molecule has 0 amide bonds. The SMILES string of the molecule is CC(O)(c1nccn1COCC[Si](C)(C)C)C1c2ccccc2-c2cncn21. The summed E-state index contributed by atoms with van der Waals surface area (Å²) < 4.78 is 9.85. The summed E-state index contributed by atoms with van der Waals surface area (Å²) in [5, 5.41) is 11.7. The molecule has 3 aromatic rings. The highest BCUT2D eigenvalue weighted by Crippen LogP contribution is 2.47. The summed E-state index contributed by atoms with van der Waals surface area (Å²) in [6.07, 6.45) is 7.22. The van der Waals surface area contributed by atoms with Crippen LogP contribution in [0.1, 0.15) is 24.4 Å². The van der Waals surface area contributed by atoms with Crippen LogP contribution in [0, 0.1) is 0 Å². The Bertz CT molecular complexity index is 971. The largest absolute Gasteiger partial charge is 0.380 e. The number of hydrogen-bond donors (Lipinski definition) is 1. The van der Waals surface area contributed by atoms with Gasteiger partial charge in [0, 0.05) is 32.6 Å². The lowest BCUT2D eigenvalue weighted by atomic mass is 9.89. The molecule has 1 aliphatic heterocycles. The van der Waals surface area contributed by atoms with Gasteiger partial charge in [0.25, 0.3) is 0 Å². The van der Waals surface area contributed by atoms with Crippen molar-refractivity contribution in [2.75, 3.05) is 6.61 Å². The number of hydrogen-bond acceptors (Lipinski definition) is 4. The van der Waals surface area contributed by atoms with Gasteiger partial charge in [0.05, 0.1) is 24.3 Å². The third kappa shape index (κ3) is 3.34. The predicted molar refractivity (Wildman–Crippen MR) is 112 cm³/mol. The molecule has 0 saturated carbocycles. The number of rotatable bonds is 7. The van der Waals surface area contributed by atoms with E-state index in [1.807, 2.05) is 40.6 Å². The Morgan fingerprint density at radius 1 is 1.25 bits per heavy atom. The minimum atomic E-state index is -1.21. The molecule has 0 aliphatic carbocycles. The normalized spacial score (nSPS) is 18.0. The number of benzene rings is 1. The van der Waals surface area contributed by atoms with E-state index in [4.69, 9.17) is 4.74 Å². The Labute approximate surface area is 166 Å². The van der Waals surface area contributed by atoms with Gasteiger partial charge >= 0.3 is 0 Å². The van der Waals surface area contributed by atoms with Crippen LogP contribution in [-0.2, 0) is 17.1 Å². The van der Waals surface area contributed by atoms with Crippen molar-refractivity contribution in [3.63, 3.8) is 0 Å². The average Bonchev–Trinajstić information content (AvgIpc) is 3.33. The van der Waals surface area contributed by atoms with E-state index in [9.17, 15) is 5.11 Å². The van der Waals surface area contributed by atoms with E-state index >= 15 is 0 Å². The van der Waals surface area contributed by atoms with E-state index in [2.05, 4.69) is 41.7 Å². The lowest BCUT2D eigenvalue weighted by Gasteiger charge is -2.32. The van der Waals surface area contributed by atoms with Gasteiger partial charge < -0.3 is 19.0 Å². The van der Waals surface area contributed by atoms with Crippen molar-refractivity contribution in [3.8, 4) is 11.3 Å². The molecular formula is C21H28N4O2Si. The van der Waals surface area contributed by atoms with Crippen LogP contribution in [0.5, 0.6) is 0 Å². The highest BCUT2D eigenvalue weighted by atomic mass is 28.3. The number of nitrogens with zero attached hydrogens (tertiary/aromatic N) is 4. The Morgan fingerprint density at radius 3 is 2.82 bits per heavy atom. The highest BCUT2D eigenvalue weighted by Gasteiger charge is 2.44. The van der Waals surface area contributed by atoms with E-state index in [0.717, 1.165) is 29.5 Å². The zero-order valence-corrected chi connectivity index (χ0v) is 18.0. The van der Waals surface area contributed by atoms with Crippen LogP contribution < -0.4 is 0 Å². The summed E-state index contributed by atoms with van der Waals surface area (Å²) in [4.78, 5) is 8.80. The van der Waals surface area contributed by atoms with Crippen LogP contribution in [0.15, 0.2) is 49.2 Å². The van der Waals surface area contributed by atoms with Crippen molar-refractivity contribution in [2.24, 2.45) is 0 Å². The standard InChI is InChI=1S/C21H28N4O2Si/c1-21(26,20-23-9-10-24(20)15-27-11-12-28(2,3)4)19-17-8-6-5-7-16(17)18-13-22-14-25(18)19/h5-10,13-14,19,26H,11-12,15H2,1-4H3. The molecule has 2 unspecified atom stereocenters. The molecule has 1 aromatic carbocycles. The third-order valence-electron chi connectivity index (χ3n) is 5.40. The van der Waals surface area contributed by atoms with Gasteiger partial charge in [0.2, 0.25) is 0 Å². The Morgan fingerprint density at radius 2 is 2.04 bits per heavy atom. The molecule has 0 spiro atoms. The first-order valence-electron chi connectivity index (χ1n) is 9.72.